The number of benzene rings is 1. The summed E-state index contributed by atoms with van der Waals surface area (Å²) in [5.74, 6) is 0. The lowest BCUT2D eigenvalue weighted by Crippen LogP contribution is -2.30. The minimum absolute atomic E-state index is 0.0462. The van der Waals surface area contributed by atoms with Gasteiger partial charge in [-0.1, -0.05) is 24.3 Å². The number of carbonyl (C=O) groups excluding carboxylic acids is 1. The van der Waals surface area contributed by atoms with E-state index >= 15 is 0 Å². The van der Waals surface area contributed by atoms with Crippen LogP contribution in [0.3, 0.4) is 0 Å². The van der Waals surface area contributed by atoms with Gasteiger partial charge in [0.1, 0.15) is 6.10 Å². The molecule has 1 amide bonds. The molecule has 0 aromatic heterocycles. The van der Waals surface area contributed by atoms with E-state index in [9.17, 15) is 4.79 Å². The number of nitrogens with two attached hydrogens (primary N) is 1. The molecule has 4 nitrogen and oxygen atoms in total. The van der Waals surface area contributed by atoms with Crippen molar-refractivity contribution >= 4 is 6.09 Å². The number of carbonyl (C=O) groups is 1. The number of amides is 1. The van der Waals surface area contributed by atoms with Gasteiger partial charge in [0.15, 0.2) is 0 Å². The molecule has 1 unspecified atom stereocenters. The summed E-state index contributed by atoms with van der Waals surface area (Å²) in [4.78, 5) is 13.2. The molecule has 1 aliphatic rings. The molecule has 2 rings (SSSR count). The number of hydrogen-bond donors (Lipinski definition) is 1. The summed E-state index contributed by atoms with van der Waals surface area (Å²) in [6, 6.07) is 8.18. The fourth-order valence-corrected chi connectivity index (χ4v) is 2.10. The first-order chi connectivity index (χ1) is 8.20. The van der Waals surface area contributed by atoms with Gasteiger partial charge in [-0.25, -0.2) is 4.79 Å². The second-order valence-electron chi connectivity index (χ2n) is 4.37. The van der Waals surface area contributed by atoms with E-state index in [0.29, 0.717) is 19.6 Å². The van der Waals surface area contributed by atoms with Gasteiger partial charge < -0.3 is 15.4 Å². The second-order valence-corrected chi connectivity index (χ2v) is 4.37. The monoisotopic (exact) mass is 234 g/mol. The number of rotatable bonds is 4. The zero-order valence-electron chi connectivity index (χ0n) is 10.1. The molecular weight excluding hydrogens is 216 g/mol. The number of ether oxygens (including phenoxy) is 1. The molecule has 0 bridgehead atoms. The first-order valence-corrected chi connectivity index (χ1v) is 5.91. The number of hydrogen-bond acceptors (Lipinski definition) is 3. The highest BCUT2D eigenvalue weighted by atomic mass is 16.6. The smallest absolute Gasteiger partial charge is 0.410 e. The molecule has 4 heteroatoms. The lowest BCUT2D eigenvalue weighted by molar-refractivity contribution is 0.132. The average Bonchev–Trinajstić information content (AvgIpc) is 2.63. The topological polar surface area (TPSA) is 55.6 Å². The zero-order chi connectivity index (χ0) is 12.3. The molecule has 1 saturated heterocycles. The molecule has 0 spiro atoms. The van der Waals surface area contributed by atoms with Crippen LogP contribution in [0.25, 0.3) is 0 Å². The van der Waals surface area contributed by atoms with E-state index in [2.05, 4.69) is 19.1 Å². The first-order valence-electron chi connectivity index (χ1n) is 5.91. The van der Waals surface area contributed by atoms with Crippen molar-refractivity contribution in [2.45, 2.75) is 19.4 Å². The SMILES string of the molecule is Cc1ccccc1CC1CN(CCN)C(=O)O1. The Kier molecular flexibility index (Phi) is 3.64. The standard InChI is InChI=1S/C13H18N2O2/c1-10-4-2-3-5-11(10)8-12-9-15(7-6-14)13(16)17-12/h2-5,12H,6-9,14H2,1H3. The average molecular weight is 234 g/mol. The summed E-state index contributed by atoms with van der Waals surface area (Å²) >= 11 is 0. The predicted octanol–water partition coefficient (Wildman–Crippen LogP) is 1.32. The van der Waals surface area contributed by atoms with Gasteiger partial charge in [0.2, 0.25) is 0 Å². The highest BCUT2D eigenvalue weighted by molar-refractivity contribution is 5.69. The van der Waals surface area contributed by atoms with Gasteiger partial charge >= 0.3 is 6.09 Å². The molecule has 1 aliphatic heterocycles. The van der Waals surface area contributed by atoms with Crippen LogP contribution in [0.4, 0.5) is 4.79 Å². The Hall–Kier alpha value is -1.55. The van der Waals surface area contributed by atoms with Crippen molar-refractivity contribution in [2.75, 3.05) is 19.6 Å². The number of cyclic esters (lactones) is 1. The Labute approximate surface area is 101 Å². The third-order valence-corrected chi connectivity index (χ3v) is 3.06. The van der Waals surface area contributed by atoms with Crippen LogP contribution in [0.5, 0.6) is 0 Å². The van der Waals surface area contributed by atoms with E-state index in [-0.39, 0.29) is 12.2 Å². The Balaban J connectivity index is 1.98. The number of aryl methyl sites for hydroxylation is 1. The quantitative estimate of drug-likeness (QED) is 0.854. The van der Waals surface area contributed by atoms with Crippen LogP contribution in [0.1, 0.15) is 11.1 Å². The van der Waals surface area contributed by atoms with Crippen LogP contribution in [0.15, 0.2) is 24.3 Å². The maximum absolute atomic E-state index is 11.5. The molecule has 92 valence electrons. The van der Waals surface area contributed by atoms with E-state index in [0.717, 1.165) is 6.42 Å². The van der Waals surface area contributed by atoms with Gasteiger partial charge in [0.25, 0.3) is 0 Å². The van der Waals surface area contributed by atoms with E-state index < -0.39 is 0 Å². The Morgan fingerprint density at radius 2 is 2.24 bits per heavy atom. The Bertz CT molecular complexity index is 406. The van der Waals surface area contributed by atoms with Crippen LogP contribution >= 0.6 is 0 Å². The summed E-state index contributed by atoms with van der Waals surface area (Å²) in [6.45, 7) is 3.77. The summed E-state index contributed by atoms with van der Waals surface area (Å²) in [7, 11) is 0. The van der Waals surface area contributed by atoms with Crippen molar-refractivity contribution in [3.63, 3.8) is 0 Å². The molecular formula is C13H18N2O2. The lowest BCUT2D eigenvalue weighted by atomic mass is 10.0. The first kappa shape index (κ1) is 11.9. The van der Waals surface area contributed by atoms with Crippen LogP contribution in [-0.4, -0.2) is 36.7 Å². The Morgan fingerprint density at radius 1 is 1.47 bits per heavy atom. The third kappa shape index (κ3) is 2.77. The number of nitrogens with zero attached hydrogens (tertiary/aromatic N) is 1. The third-order valence-electron chi connectivity index (χ3n) is 3.06. The van der Waals surface area contributed by atoms with Crippen molar-refractivity contribution in [1.82, 2.24) is 4.90 Å². The normalized spacial score (nSPS) is 19.5. The summed E-state index contributed by atoms with van der Waals surface area (Å²) in [5, 5.41) is 0. The fourth-order valence-electron chi connectivity index (χ4n) is 2.10. The molecule has 2 N–H and O–H groups in total. The van der Waals surface area contributed by atoms with Crippen molar-refractivity contribution < 1.29 is 9.53 Å². The van der Waals surface area contributed by atoms with Crippen molar-refractivity contribution in [3.8, 4) is 0 Å². The van der Waals surface area contributed by atoms with Gasteiger partial charge in [-0.2, -0.15) is 0 Å². The van der Waals surface area contributed by atoms with Gasteiger partial charge in [0.05, 0.1) is 6.54 Å². The van der Waals surface area contributed by atoms with E-state index in [4.69, 9.17) is 10.5 Å². The van der Waals surface area contributed by atoms with Crippen LogP contribution < -0.4 is 5.73 Å². The maximum atomic E-state index is 11.5. The van der Waals surface area contributed by atoms with E-state index in [1.165, 1.54) is 11.1 Å². The largest absolute Gasteiger partial charge is 0.444 e. The summed E-state index contributed by atoms with van der Waals surface area (Å²) in [6.07, 6.45) is 0.489. The highest BCUT2D eigenvalue weighted by Crippen LogP contribution is 2.17. The van der Waals surface area contributed by atoms with Crippen molar-refractivity contribution in [2.24, 2.45) is 5.73 Å². The molecule has 0 aliphatic carbocycles. The highest BCUT2D eigenvalue weighted by Gasteiger charge is 2.30. The summed E-state index contributed by atoms with van der Waals surface area (Å²) < 4.78 is 5.32. The van der Waals surface area contributed by atoms with Gasteiger partial charge in [0, 0.05) is 19.5 Å². The molecule has 1 aromatic rings. The molecule has 0 radical (unpaired) electrons. The van der Waals surface area contributed by atoms with Crippen LogP contribution in [0, 0.1) is 6.92 Å². The van der Waals surface area contributed by atoms with Crippen molar-refractivity contribution in [1.29, 1.82) is 0 Å². The molecule has 1 fully saturated rings. The summed E-state index contributed by atoms with van der Waals surface area (Å²) in [5.41, 5.74) is 7.92. The van der Waals surface area contributed by atoms with Gasteiger partial charge in [-0.3, -0.25) is 0 Å². The molecule has 1 heterocycles. The maximum Gasteiger partial charge on any atom is 0.410 e. The molecule has 1 atom stereocenters. The Morgan fingerprint density at radius 3 is 2.94 bits per heavy atom. The zero-order valence-corrected chi connectivity index (χ0v) is 10.1. The molecule has 17 heavy (non-hydrogen) atoms. The minimum atomic E-state index is -0.242. The fraction of sp³-hybridized carbons (Fsp3) is 0.462. The van der Waals surface area contributed by atoms with Crippen molar-refractivity contribution in [3.05, 3.63) is 35.4 Å². The minimum Gasteiger partial charge on any atom is -0.444 e. The molecule has 1 aromatic carbocycles. The molecule has 0 saturated carbocycles. The van der Waals surface area contributed by atoms with Gasteiger partial charge in [-0.15, -0.1) is 0 Å². The predicted molar refractivity (Wildman–Crippen MR) is 65.8 cm³/mol. The van der Waals surface area contributed by atoms with E-state index in [1.54, 1.807) is 4.90 Å². The lowest BCUT2D eigenvalue weighted by Gasteiger charge is -2.11. The van der Waals surface area contributed by atoms with Crippen LogP contribution in [-0.2, 0) is 11.2 Å². The van der Waals surface area contributed by atoms with E-state index in [1.807, 2.05) is 12.1 Å². The van der Waals surface area contributed by atoms with Gasteiger partial charge in [-0.05, 0) is 18.1 Å². The van der Waals surface area contributed by atoms with Crippen LogP contribution in [0.2, 0.25) is 0 Å². The second kappa shape index (κ2) is 5.19.